The summed E-state index contributed by atoms with van der Waals surface area (Å²) in [6.45, 7) is 4.75. The summed E-state index contributed by atoms with van der Waals surface area (Å²) in [6, 6.07) is 22.5. The predicted molar refractivity (Wildman–Crippen MR) is 119 cm³/mol. The molecule has 3 aromatic rings. The van der Waals surface area contributed by atoms with Crippen LogP contribution in [0.3, 0.4) is 0 Å². The normalized spacial score (nSPS) is 11.9. The van der Waals surface area contributed by atoms with Crippen molar-refractivity contribution in [2.24, 2.45) is 0 Å². The molecule has 0 fully saturated rings. The highest BCUT2D eigenvalue weighted by molar-refractivity contribution is 7.98. The lowest BCUT2D eigenvalue weighted by Gasteiger charge is -2.17. The molecule has 3 aromatic carbocycles. The molecule has 0 bridgehead atoms. The molecular weight excluding hydrogens is 366 g/mol. The Morgan fingerprint density at radius 2 is 1.79 bits per heavy atom. The SMILES string of the molecule is CCC(Oc1ccc2ccccc2c1)C(=O)NCCSCc1ccccc1C. The molecule has 1 atom stereocenters. The Bertz CT molecular complexity index is 925. The lowest BCUT2D eigenvalue weighted by Crippen LogP contribution is -2.39. The van der Waals surface area contributed by atoms with Crippen LogP contribution in [-0.2, 0) is 10.5 Å². The van der Waals surface area contributed by atoms with E-state index in [1.807, 2.05) is 49.0 Å². The Morgan fingerprint density at radius 3 is 2.57 bits per heavy atom. The highest BCUT2D eigenvalue weighted by Gasteiger charge is 2.18. The number of rotatable bonds is 9. The second kappa shape index (κ2) is 10.2. The van der Waals surface area contributed by atoms with Gasteiger partial charge in [0.2, 0.25) is 0 Å². The van der Waals surface area contributed by atoms with Crippen molar-refractivity contribution in [2.45, 2.75) is 32.1 Å². The van der Waals surface area contributed by atoms with Gasteiger partial charge in [-0.2, -0.15) is 11.8 Å². The van der Waals surface area contributed by atoms with Crippen molar-refractivity contribution >= 4 is 28.4 Å². The zero-order chi connectivity index (χ0) is 19.8. The fourth-order valence-electron chi connectivity index (χ4n) is 3.04. The summed E-state index contributed by atoms with van der Waals surface area (Å²) < 4.78 is 5.96. The summed E-state index contributed by atoms with van der Waals surface area (Å²) >= 11 is 1.83. The second-order valence-corrected chi connectivity index (χ2v) is 7.90. The number of fused-ring (bicyclic) bond motifs is 1. The van der Waals surface area contributed by atoms with Gasteiger partial charge in [0.25, 0.3) is 5.91 Å². The average Bonchev–Trinajstić information content (AvgIpc) is 2.72. The van der Waals surface area contributed by atoms with Crippen LogP contribution in [0.15, 0.2) is 66.7 Å². The maximum atomic E-state index is 12.5. The lowest BCUT2D eigenvalue weighted by molar-refractivity contribution is -0.127. The number of aryl methyl sites for hydroxylation is 1. The number of carbonyl (C=O) groups excluding carboxylic acids is 1. The maximum absolute atomic E-state index is 12.5. The molecule has 0 spiro atoms. The van der Waals surface area contributed by atoms with E-state index in [-0.39, 0.29) is 5.91 Å². The Labute approximate surface area is 171 Å². The van der Waals surface area contributed by atoms with Gasteiger partial charge in [-0.05, 0) is 47.4 Å². The fourth-order valence-corrected chi connectivity index (χ4v) is 3.98. The minimum Gasteiger partial charge on any atom is -0.481 e. The summed E-state index contributed by atoms with van der Waals surface area (Å²) in [5, 5.41) is 5.29. The summed E-state index contributed by atoms with van der Waals surface area (Å²) in [6.07, 6.45) is 0.164. The van der Waals surface area contributed by atoms with Crippen molar-refractivity contribution in [3.63, 3.8) is 0 Å². The van der Waals surface area contributed by atoms with Crippen LogP contribution >= 0.6 is 11.8 Å². The standard InChI is InChI=1S/C24H27NO2S/c1-3-23(27-22-13-12-19-9-6-7-10-20(19)16-22)24(26)25-14-15-28-17-21-11-5-4-8-18(21)2/h4-13,16,23H,3,14-15,17H2,1-2H3,(H,25,26). The molecule has 1 amide bonds. The zero-order valence-corrected chi connectivity index (χ0v) is 17.3. The number of amides is 1. The van der Waals surface area contributed by atoms with Gasteiger partial charge in [0, 0.05) is 18.1 Å². The lowest BCUT2D eigenvalue weighted by atomic mass is 10.1. The van der Waals surface area contributed by atoms with E-state index in [9.17, 15) is 4.79 Å². The molecule has 3 nitrogen and oxygen atoms in total. The zero-order valence-electron chi connectivity index (χ0n) is 16.5. The van der Waals surface area contributed by atoms with Gasteiger partial charge >= 0.3 is 0 Å². The van der Waals surface area contributed by atoms with Crippen molar-refractivity contribution in [1.82, 2.24) is 5.32 Å². The van der Waals surface area contributed by atoms with E-state index in [0.717, 1.165) is 28.0 Å². The molecule has 0 radical (unpaired) electrons. The van der Waals surface area contributed by atoms with Crippen LogP contribution < -0.4 is 10.1 Å². The van der Waals surface area contributed by atoms with E-state index in [2.05, 4.69) is 48.6 Å². The topological polar surface area (TPSA) is 38.3 Å². The summed E-state index contributed by atoms with van der Waals surface area (Å²) in [4.78, 5) is 12.5. The second-order valence-electron chi connectivity index (χ2n) is 6.79. The van der Waals surface area contributed by atoms with Crippen molar-refractivity contribution in [3.8, 4) is 5.75 Å². The summed E-state index contributed by atoms with van der Waals surface area (Å²) in [5.41, 5.74) is 2.67. The fraction of sp³-hybridized carbons (Fsp3) is 0.292. The largest absolute Gasteiger partial charge is 0.481 e. The van der Waals surface area contributed by atoms with Crippen molar-refractivity contribution in [2.75, 3.05) is 12.3 Å². The highest BCUT2D eigenvalue weighted by atomic mass is 32.2. The molecule has 0 saturated carbocycles. The van der Waals surface area contributed by atoms with E-state index in [1.54, 1.807) is 0 Å². The highest BCUT2D eigenvalue weighted by Crippen LogP contribution is 2.22. The van der Waals surface area contributed by atoms with Crippen LogP contribution in [0.5, 0.6) is 5.75 Å². The van der Waals surface area contributed by atoms with Crippen LogP contribution in [0.1, 0.15) is 24.5 Å². The third-order valence-electron chi connectivity index (χ3n) is 4.73. The molecule has 28 heavy (non-hydrogen) atoms. The first-order valence-electron chi connectivity index (χ1n) is 9.73. The molecule has 3 rings (SSSR count). The smallest absolute Gasteiger partial charge is 0.261 e. The molecule has 0 aliphatic rings. The predicted octanol–water partition coefficient (Wildman–Crippen LogP) is 5.36. The van der Waals surface area contributed by atoms with Crippen molar-refractivity contribution < 1.29 is 9.53 Å². The Hall–Kier alpha value is -2.46. The Balaban J connectivity index is 1.45. The van der Waals surface area contributed by atoms with Crippen molar-refractivity contribution in [3.05, 3.63) is 77.9 Å². The molecule has 1 N–H and O–H groups in total. The van der Waals surface area contributed by atoms with E-state index >= 15 is 0 Å². The van der Waals surface area contributed by atoms with Crippen LogP contribution in [0, 0.1) is 6.92 Å². The Morgan fingerprint density at radius 1 is 1.04 bits per heavy atom. The van der Waals surface area contributed by atoms with Crippen LogP contribution in [0.25, 0.3) is 10.8 Å². The monoisotopic (exact) mass is 393 g/mol. The van der Waals surface area contributed by atoms with Gasteiger partial charge in [-0.15, -0.1) is 0 Å². The molecule has 0 aromatic heterocycles. The number of carbonyl (C=O) groups is 1. The quantitative estimate of drug-likeness (QED) is 0.498. The van der Waals surface area contributed by atoms with E-state index in [4.69, 9.17) is 4.74 Å². The first-order valence-corrected chi connectivity index (χ1v) is 10.9. The van der Waals surface area contributed by atoms with E-state index in [0.29, 0.717) is 13.0 Å². The number of ether oxygens (including phenoxy) is 1. The van der Waals surface area contributed by atoms with Gasteiger partial charge in [-0.1, -0.05) is 61.5 Å². The third kappa shape index (κ3) is 5.52. The third-order valence-corrected chi connectivity index (χ3v) is 5.73. The number of nitrogens with one attached hydrogen (secondary N) is 1. The minimum atomic E-state index is -0.470. The molecular formula is C24H27NO2S. The molecule has 146 valence electrons. The van der Waals surface area contributed by atoms with E-state index in [1.165, 1.54) is 11.1 Å². The van der Waals surface area contributed by atoms with Gasteiger partial charge in [0.15, 0.2) is 6.10 Å². The molecule has 0 aliphatic carbocycles. The number of hydrogen-bond acceptors (Lipinski definition) is 3. The minimum absolute atomic E-state index is 0.0489. The molecule has 0 heterocycles. The van der Waals surface area contributed by atoms with Gasteiger partial charge in [-0.3, -0.25) is 4.79 Å². The summed E-state index contributed by atoms with van der Waals surface area (Å²) in [5.74, 6) is 2.53. The number of benzene rings is 3. The molecule has 0 aliphatic heterocycles. The van der Waals surface area contributed by atoms with Gasteiger partial charge in [0.05, 0.1) is 0 Å². The van der Waals surface area contributed by atoms with E-state index < -0.39 is 6.10 Å². The summed E-state index contributed by atoms with van der Waals surface area (Å²) in [7, 11) is 0. The van der Waals surface area contributed by atoms with Crippen LogP contribution in [0.2, 0.25) is 0 Å². The van der Waals surface area contributed by atoms with Crippen molar-refractivity contribution in [1.29, 1.82) is 0 Å². The van der Waals surface area contributed by atoms with Crippen LogP contribution in [0.4, 0.5) is 0 Å². The molecule has 4 heteroatoms. The first kappa shape index (κ1) is 20.3. The Kier molecular flexibility index (Phi) is 7.38. The average molecular weight is 394 g/mol. The number of hydrogen-bond donors (Lipinski definition) is 1. The molecule has 0 saturated heterocycles. The molecule has 1 unspecified atom stereocenters. The number of thioether (sulfide) groups is 1. The van der Waals surface area contributed by atoms with Gasteiger partial charge in [-0.25, -0.2) is 0 Å². The maximum Gasteiger partial charge on any atom is 0.261 e. The van der Waals surface area contributed by atoms with Crippen LogP contribution in [-0.4, -0.2) is 24.3 Å². The van der Waals surface area contributed by atoms with Gasteiger partial charge in [0.1, 0.15) is 5.75 Å². The van der Waals surface area contributed by atoms with Gasteiger partial charge < -0.3 is 10.1 Å². The first-order chi connectivity index (χ1) is 13.7.